The van der Waals surface area contributed by atoms with Gasteiger partial charge < -0.3 is 14.9 Å². The summed E-state index contributed by atoms with van der Waals surface area (Å²) in [6, 6.07) is 0. The number of carbonyl (C=O) groups excluding carboxylic acids is 3. The maximum atomic E-state index is 13.7. The number of Topliss-reactive ketones (excluding diaryl/α,β-unsaturated/α-hetero) is 1. The van der Waals surface area contributed by atoms with Crippen LogP contribution in [0.3, 0.4) is 0 Å². The first-order valence-electron chi connectivity index (χ1n) is 10.7. The summed E-state index contributed by atoms with van der Waals surface area (Å²) in [5.74, 6) is -3.19. The number of carbonyl (C=O) groups is 3. The van der Waals surface area contributed by atoms with Crippen molar-refractivity contribution in [2.24, 2.45) is 22.7 Å². The molecule has 0 saturated heterocycles. The number of aliphatic hydroxyl groups excluding tert-OH is 2. The molecule has 2 N–H and O–H groups in total. The summed E-state index contributed by atoms with van der Waals surface area (Å²) in [6.45, 7) is 3.35. The highest BCUT2D eigenvalue weighted by Crippen LogP contribution is 2.72. The summed E-state index contributed by atoms with van der Waals surface area (Å²) in [7, 11) is 0. The minimum atomic E-state index is -1.73. The van der Waals surface area contributed by atoms with Crippen molar-refractivity contribution in [3.63, 3.8) is 0 Å². The van der Waals surface area contributed by atoms with Crippen LogP contribution < -0.4 is 0 Å². The summed E-state index contributed by atoms with van der Waals surface area (Å²) < 4.78 is 19.2. The number of aliphatic hydroxyl groups is 2. The van der Waals surface area contributed by atoms with E-state index >= 15 is 0 Å². The van der Waals surface area contributed by atoms with Crippen molar-refractivity contribution in [3.8, 4) is 0 Å². The number of fused-ring (bicyclic) bond motifs is 5. The molecular formula is C23H27Cl2FO6. The molecule has 0 aromatic heterocycles. The fraction of sp³-hybridized carbons (Fsp3) is 0.696. The zero-order chi connectivity index (χ0) is 23.9. The lowest BCUT2D eigenvalue weighted by Gasteiger charge is -2.65. The summed E-state index contributed by atoms with van der Waals surface area (Å²) in [6.07, 6.45) is 2.03. The highest BCUT2D eigenvalue weighted by atomic mass is 35.5. The number of hydrogen-bond donors (Lipinski definition) is 2. The van der Waals surface area contributed by atoms with Gasteiger partial charge in [0.05, 0.1) is 16.4 Å². The van der Waals surface area contributed by atoms with Gasteiger partial charge in [0.15, 0.2) is 18.1 Å². The molecule has 3 saturated carbocycles. The molecule has 0 aliphatic heterocycles. The van der Waals surface area contributed by atoms with Crippen molar-refractivity contribution >= 4 is 40.7 Å². The first kappa shape index (κ1) is 23.9. The Labute approximate surface area is 195 Å². The van der Waals surface area contributed by atoms with Crippen LogP contribution in [0, 0.1) is 22.7 Å². The third-order valence-electron chi connectivity index (χ3n) is 8.70. The minimum absolute atomic E-state index is 0.0696. The molecule has 9 atom stereocenters. The Bertz CT molecular complexity index is 951. The Kier molecular flexibility index (Phi) is 5.49. The summed E-state index contributed by atoms with van der Waals surface area (Å²) in [5.41, 5.74) is -3.59. The molecule has 0 radical (unpaired) electrons. The SMILES string of the molecule is CC(=O)O[C@]1(C(=O)CF)CC[C@H]2[C@@H]3C(O)C(O)C4=CC(=O)C=C[C@]4(C)[C@@]3(Cl)C(Cl)C[C@@]21C. The summed E-state index contributed by atoms with van der Waals surface area (Å²) >= 11 is 14.3. The lowest BCUT2D eigenvalue weighted by Crippen LogP contribution is -2.73. The second kappa shape index (κ2) is 7.36. The molecule has 4 aliphatic rings. The number of ketones is 2. The predicted molar refractivity (Wildman–Crippen MR) is 115 cm³/mol. The first-order chi connectivity index (χ1) is 14.8. The Hall–Kier alpha value is -1.28. The molecule has 3 fully saturated rings. The topological polar surface area (TPSA) is 101 Å². The molecule has 0 bridgehead atoms. The molecule has 176 valence electrons. The molecule has 0 aromatic rings. The highest BCUT2D eigenvalue weighted by molar-refractivity contribution is 6.34. The maximum Gasteiger partial charge on any atom is 0.303 e. The van der Waals surface area contributed by atoms with Gasteiger partial charge in [0.25, 0.3) is 0 Å². The van der Waals surface area contributed by atoms with Crippen molar-refractivity contribution in [1.82, 2.24) is 0 Å². The molecule has 32 heavy (non-hydrogen) atoms. The van der Waals surface area contributed by atoms with Crippen LogP contribution in [0.4, 0.5) is 4.39 Å². The van der Waals surface area contributed by atoms with Gasteiger partial charge in [0, 0.05) is 23.7 Å². The van der Waals surface area contributed by atoms with E-state index in [9.17, 15) is 29.0 Å². The largest absolute Gasteiger partial charge is 0.451 e. The van der Waals surface area contributed by atoms with Crippen LogP contribution >= 0.6 is 23.2 Å². The van der Waals surface area contributed by atoms with Crippen LogP contribution in [0.25, 0.3) is 0 Å². The van der Waals surface area contributed by atoms with E-state index in [1.165, 1.54) is 12.2 Å². The van der Waals surface area contributed by atoms with Gasteiger partial charge >= 0.3 is 5.97 Å². The first-order valence-corrected chi connectivity index (χ1v) is 11.5. The van der Waals surface area contributed by atoms with Crippen molar-refractivity contribution in [2.75, 3.05) is 6.67 Å². The number of halogens is 3. The van der Waals surface area contributed by atoms with E-state index < -0.39 is 69.2 Å². The normalized spacial score (nSPS) is 49.6. The summed E-state index contributed by atoms with van der Waals surface area (Å²) in [4.78, 5) is 35.5. The van der Waals surface area contributed by atoms with Gasteiger partial charge in [-0.3, -0.25) is 14.4 Å². The number of hydrogen-bond acceptors (Lipinski definition) is 6. The van der Waals surface area contributed by atoms with Crippen LogP contribution in [0.5, 0.6) is 0 Å². The van der Waals surface area contributed by atoms with Gasteiger partial charge in [-0.25, -0.2) is 4.39 Å². The fourth-order valence-corrected chi connectivity index (χ4v) is 8.41. The number of alkyl halides is 3. The summed E-state index contributed by atoms with van der Waals surface area (Å²) in [5, 5.41) is 21.4. The Morgan fingerprint density at radius 3 is 2.56 bits per heavy atom. The molecular weight excluding hydrogens is 462 g/mol. The fourth-order valence-electron chi connectivity index (χ4n) is 7.19. The van der Waals surface area contributed by atoms with Gasteiger partial charge in [0.2, 0.25) is 5.78 Å². The Morgan fingerprint density at radius 1 is 1.31 bits per heavy atom. The van der Waals surface area contributed by atoms with E-state index in [1.807, 2.05) is 0 Å². The Balaban J connectivity index is 1.90. The van der Waals surface area contributed by atoms with Crippen molar-refractivity contribution in [1.29, 1.82) is 0 Å². The Morgan fingerprint density at radius 2 is 1.97 bits per heavy atom. The van der Waals surface area contributed by atoms with E-state index in [4.69, 9.17) is 27.9 Å². The van der Waals surface area contributed by atoms with Crippen molar-refractivity contribution in [3.05, 3.63) is 23.8 Å². The van der Waals surface area contributed by atoms with E-state index in [-0.39, 0.29) is 18.6 Å². The third-order valence-corrected chi connectivity index (χ3v) is 10.2. The van der Waals surface area contributed by atoms with Crippen LogP contribution in [0.2, 0.25) is 0 Å². The van der Waals surface area contributed by atoms with Crippen LogP contribution in [-0.4, -0.2) is 62.5 Å². The third kappa shape index (κ3) is 2.68. The zero-order valence-electron chi connectivity index (χ0n) is 18.1. The standard InChI is InChI=1S/C23H27Cl2FO6/c1-11(27)32-22(16(29)10-26)7-5-13-17-19(31)18(30)14-8-12(28)4-6-20(14,2)23(17,25)15(24)9-21(13,22)3/h4,6,8,13,15,17-19,30-31H,5,7,9-10H2,1-3H3/t13-,15?,17+,18?,19?,20-,21-,22-,23+/m0/s1. The molecule has 9 heteroatoms. The average Bonchev–Trinajstić information content (AvgIpc) is 3.00. The van der Waals surface area contributed by atoms with E-state index in [1.54, 1.807) is 19.9 Å². The van der Waals surface area contributed by atoms with Gasteiger partial charge in [0.1, 0.15) is 6.10 Å². The van der Waals surface area contributed by atoms with Gasteiger partial charge in [-0.1, -0.05) is 19.9 Å². The second-order valence-electron chi connectivity index (χ2n) is 9.98. The number of allylic oxidation sites excluding steroid dienone is 3. The second-order valence-corrected chi connectivity index (χ2v) is 11.1. The van der Waals surface area contributed by atoms with Crippen LogP contribution in [0.1, 0.15) is 40.0 Å². The molecule has 3 unspecified atom stereocenters. The molecule has 4 aliphatic carbocycles. The monoisotopic (exact) mass is 488 g/mol. The van der Waals surface area contributed by atoms with E-state index in [0.29, 0.717) is 12.0 Å². The van der Waals surface area contributed by atoms with E-state index in [0.717, 1.165) is 6.92 Å². The molecule has 4 rings (SSSR count). The van der Waals surface area contributed by atoms with Crippen LogP contribution in [-0.2, 0) is 19.1 Å². The smallest absolute Gasteiger partial charge is 0.303 e. The maximum absolute atomic E-state index is 13.7. The lowest BCUT2D eigenvalue weighted by molar-refractivity contribution is -0.193. The highest BCUT2D eigenvalue weighted by Gasteiger charge is 2.76. The zero-order valence-corrected chi connectivity index (χ0v) is 19.6. The molecule has 0 heterocycles. The molecule has 0 amide bonds. The number of rotatable bonds is 3. The minimum Gasteiger partial charge on any atom is -0.451 e. The molecule has 0 spiro atoms. The van der Waals surface area contributed by atoms with Gasteiger partial charge in [-0.05, 0) is 42.9 Å². The van der Waals surface area contributed by atoms with Gasteiger partial charge in [-0.2, -0.15) is 0 Å². The molecule has 0 aromatic carbocycles. The quantitative estimate of drug-likeness (QED) is 0.467. The van der Waals surface area contributed by atoms with Crippen molar-refractivity contribution in [2.45, 2.75) is 68.1 Å². The molecule has 6 nitrogen and oxygen atoms in total. The van der Waals surface area contributed by atoms with Gasteiger partial charge in [-0.15, -0.1) is 23.2 Å². The van der Waals surface area contributed by atoms with E-state index in [2.05, 4.69) is 0 Å². The average molecular weight is 489 g/mol. The van der Waals surface area contributed by atoms with Crippen molar-refractivity contribution < 1.29 is 33.7 Å². The number of ether oxygens (including phenoxy) is 1. The van der Waals surface area contributed by atoms with Crippen LogP contribution in [0.15, 0.2) is 23.8 Å². The predicted octanol–water partition coefficient (Wildman–Crippen LogP) is 2.66. The number of esters is 1. The lowest BCUT2D eigenvalue weighted by atomic mass is 9.45.